The van der Waals surface area contributed by atoms with Gasteiger partial charge in [-0.3, -0.25) is 9.36 Å². The van der Waals surface area contributed by atoms with Crippen molar-refractivity contribution in [3.05, 3.63) is 74.6 Å². The maximum absolute atomic E-state index is 12.9. The zero-order chi connectivity index (χ0) is 23.5. The van der Waals surface area contributed by atoms with Gasteiger partial charge in [0.1, 0.15) is 6.54 Å². The van der Waals surface area contributed by atoms with E-state index in [0.29, 0.717) is 17.9 Å². The van der Waals surface area contributed by atoms with Crippen molar-refractivity contribution in [1.29, 1.82) is 0 Å². The number of halogens is 4. The lowest BCUT2D eigenvalue weighted by Crippen LogP contribution is -2.34. The van der Waals surface area contributed by atoms with Crippen LogP contribution in [0.25, 0.3) is 11.4 Å². The van der Waals surface area contributed by atoms with E-state index in [9.17, 15) is 22.8 Å². The summed E-state index contributed by atoms with van der Waals surface area (Å²) in [6, 6.07) is 12.0. The van der Waals surface area contributed by atoms with Crippen molar-refractivity contribution >= 4 is 21.8 Å². The number of nitrogens with zero attached hydrogens (tertiary/aromatic N) is 3. The first-order chi connectivity index (χ1) is 15.0. The summed E-state index contributed by atoms with van der Waals surface area (Å²) in [6.07, 6.45) is -4.46. The molecule has 0 bridgehead atoms. The van der Waals surface area contributed by atoms with Gasteiger partial charge < -0.3 is 5.32 Å². The van der Waals surface area contributed by atoms with Gasteiger partial charge in [-0.1, -0.05) is 54.0 Å². The van der Waals surface area contributed by atoms with Gasteiger partial charge >= 0.3 is 11.9 Å². The number of amides is 1. The summed E-state index contributed by atoms with van der Waals surface area (Å²) in [5.74, 6) is 0.0947. The number of nitrogens with one attached hydrogen (secondary N) is 1. The maximum atomic E-state index is 12.9. The normalized spacial score (nSPS) is 11.7. The van der Waals surface area contributed by atoms with E-state index in [1.54, 1.807) is 0 Å². The first-order valence-electron chi connectivity index (χ1n) is 9.91. The van der Waals surface area contributed by atoms with Gasteiger partial charge in [-0.15, -0.1) is 5.10 Å². The van der Waals surface area contributed by atoms with Crippen LogP contribution in [-0.4, -0.2) is 20.3 Å². The third kappa shape index (κ3) is 5.87. The standard InChI is InChI=1S/C22H22BrF3N4O2/c1-14(2)12-29-20(16-6-8-18(23)9-7-16)28-30(21(29)32)13-19(31)27-11-15-4-3-5-17(10-15)22(24,25)26/h3-10,14H,11-13H2,1-2H3,(H,27,31). The Morgan fingerprint density at radius 1 is 1.16 bits per heavy atom. The summed E-state index contributed by atoms with van der Waals surface area (Å²) in [7, 11) is 0. The van der Waals surface area contributed by atoms with E-state index in [4.69, 9.17) is 0 Å². The lowest BCUT2D eigenvalue weighted by atomic mass is 10.1. The number of carbonyl (C=O) groups excluding carboxylic acids is 1. The fourth-order valence-corrected chi connectivity index (χ4v) is 3.40. The van der Waals surface area contributed by atoms with E-state index >= 15 is 0 Å². The molecule has 0 aliphatic heterocycles. The van der Waals surface area contributed by atoms with E-state index in [0.717, 1.165) is 26.9 Å². The average molecular weight is 511 g/mol. The first-order valence-corrected chi connectivity index (χ1v) is 10.7. The Morgan fingerprint density at radius 2 is 1.84 bits per heavy atom. The molecule has 0 saturated heterocycles. The highest BCUT2D eigenvalue weighted by Crippen LogP contribution is 2.29. The van der Waals surface area contributed by atoms with Crippen molar-refractivity contribution in [1.82, 2.24) is 19.7 Å². The largest absolute Gasteiger partial charge is 0.416 e. The second-order valence-electron chi connectivity index (χ2n) is 7.75. The highest BCUT2D eigenvalue weighted by atomic mass is 79.9. The molecule has 3 rings (SSSR count). The summed E-state index contributed by atoms with van der Waals surface area (Å²) < 4.78 is 42.0. The Bertz CT molecular complexity index is 1150. The monoisotopic (exact) mass is 510 g/mol. The third-order valence-electron chi connectivity index (χ3n) is 4.61. The van der Waals surface area contributed by atoms with E-state index in [-0.39, 0.29) is 19.0 Å². The van der Waals surface area contributed by atoms with Gasteiger partial charge in [0.25, 0.3) is 0 Å². The van der Waals surface area contributed by atoms with Crippen molar-refractivity contribution in [3.63, 3.8) is 0 Å². The smallest absolute Gasteiger partial charge is 0.350 e. The summed E-state index contributed by atoms with van der Waals surface area (Å²) in [4.78, 5) is 25.3. The molecule has 0 aliphatic rings. The summed E-state index contributed by atoms with van der Waals surface area (Å²) in [6.45, 7) is 3.93. The molecule has 0 fully saturated rings. The third-order valence-corrected chi connectivity index (χ3v) is 5.14. The molecule has 0 aliphatic carbocycles. The van der Waals surface area contributed by atoms with Crippen LogP contribution < -0.4 is 11.0 Å². The van der Waals surface area contributed by atoms with Crippen LogP contribution in [0.4, 0.5) is 13.2 Å². The van der Waals surface area contributed by atoms with E-state index < -0.39 is 23.3 Å². The van der Waals surface area contributed by atoms with Crippen molar-refractivity contribution in [2.45, 2.75) is 39.7 Å². The van der Waals surface area contributed by atoms with Crippen LogP contribution in [0, 0.1) is 5.92 Å². The minimum atomic E-state index is -4.46. The van der Waals surface area contributed by atoms with Gasteiger partial charge in [-0.25, -0.2) is 9.48 Å². The number of rotatable bonds is 7. The minimum Gasteiger partial charge on any atom is -0.350 e. The van der Waals surface area contributed by atoms with Gasteiger partial charge in [0.15, 0.2) is 5.82 Å². The predicted octanol–water partition coefficient (Wildman–Crippen LogP) is 4.47. The minimum absolute atomic E-state index is 0.0935. The molecule has 0 unspecified atom stereocenters. The van der Waals surface area contributed by atoms with Crippen molar-refractivity contribution in [2.24, 2.45) is 5.92 Å². The topological polar surface area (TPSA) is 68.9 Å². The Morgan fingerprint density at radius 3 is 2.47 bits per heavy atom. The second kappa shape index (κ2) is 9.72. The fraction of sp³-hybridized carbons (Fsp3) is 0.318. The number of hydrogen-bond acceptors (Lipinski definition) is 3. The zero-order valence-corrected chi connectivity index (χ0v) is 19.1. The van der Waals surface area contributed by atoms with Gasteiger partial charge in [0.05, 0.1) is 5.56 Å². The molecule has 0 saturated carbocycles. The second-order valence-corrected chi connectivity index (χ2v) is 8.67. The lowest BCUT2D eigenvalue weighted by molar-refractivity contribution is -0.137. The highest BCUT2D eigenvalue weighted by molar-refractivity contribution is 9.10. The Labute approximate surface area is 191 Å². The van der Waals surface area contributed by atoms with Crippen LogP contribution in [0.2, 0.25) is 0 Å². The van der Waals surface area contributed by atoms with Gasteiger partial charge in [0.2, 0.25) is 5.91 Å². The molecule has 3 aromatic rings. The summed E-state index contributed by atoms with van der Waals surface area (Å²) in [5.41, 5.74) is -0.173. The SMILES string of the molecule is CC(C)Cn1c(-c2ccc(Br)cc2)nn(CC(=O)NCc2cccc(C(F)(F)F)c2)c1=O. The van der Waals surface area contributed by atoms with Crippen molar-refractivity contribution in [3.8, 4) is 11.4 Å². The number of alkyl halides is 3. The van der Waals surface area contributed by atoms with Gasteiger partial charge in [0, 0.05) is 23.1 Å². The van der Waals surface area contributed by atoms with E-state index in [2.05, 4.69) is 26.3 Å². The number of benzene rings is 2. The molecule has 2 aromatic carbocycles. The molecule has 0 radical (unpaired) electrons. The summed E-state index contributed by atoms with van der Waals surface area (Å²) in [5, 5.41) is 6.89. The molecule has 170 valence electrons. The fourth-order valence-electron chi connectivity index (χ4n) is 3.14. The average Bonchev–Trinajstić information content (AvgIpc) is 3.01. The lowest BCUT2D eigenvalue weighted by Gasteiger charge is -2.09. The zero-order valence-electron chi connectivity index (χ0n) is 17.5. The van der Waals surface area contributed by atoms with Gasteiger partial charge in [-0.05, 0) is 35.7 Å². The Kier molecular flexibility index (Phi) is 7.22. The number of hydrogen-bond donors (Lipinski definition) is 1. The molecule has 1 N–H and O–H groups in total. The highest BCUT2D eigenvalue weighted by Gasteiger charge is 2.30. The number of aromatic nitrogens is 3. The van der Waals surface area contributed by atoms with Crippen LogP contribution in [0.3, 0.4) is 0 Å². The van der Waals surface area contributed by atoms with Crippen LogP contribution in [0.5, 0.6) is 0 Å². The van der Waals surface area contributed by atoms with Crippen molar-refractivity contribution < 1.29 is 18.0 Å². The summed E-state index contributed by atoms with van der Waals surface area (Å²) >= 11 is 3.37. The molecule has 1 heterocycles. The molecule has 0 spiro atoms. The quantitative estimate of drug-likeness (QED) is 0.509. The van der Waals surface area contributed by atoms with Crippen LogP contribution >= 0.6 is 15.9 Å². The van der Waals surface area contributed by atoms with E-state index in [1.807, 2.05) is 38.1 Å². The molecule has 1 aromatic heterocycles. The predicted molar refractivity (Wildman–Crippen MR) is 118 cm³/mol. The van der Waals surface area contributed by atoms with Crippen LogP contribution in [-0.2, 0) is 30.6 Å². The van der Waals surface area contributed by atoms with Crippen LogP contribution in [0.1, 0.15) is 25.0 Å². The molecule has 1 amide bonds. The number of carbonyl (C=O) groups is 1. The first kappa shape index (κ1) is 23.8. The molecule has 32 heavy (non-hydrogen) atoms. The Hall–Kier alpha value is -2.88. The molecular formula is C22H22BrF3N4O2. The molecular weight excluding hydrogens is 489 g/mol. The van der Waals surface area contributed by atoms with Crippen LogP contribution in [0.15, 0.2) is 57.8 Å². The molecule has 6 nitrogen and oxygen atoms in total. The van der Waals surface area contributed by atoms with Gasteiger partial charge in [-0.2, -0.15) is 13.2 Å². The maximum Gasteiger partial charge on any atom is 0.416 e. The van der Waals surface area contributed by atoms with Crippen molar-refractivity contribution in [2.75, 3.05) is 0 Å². The van der Waals surface area contributed by atoms with E-state index in [1.165, 1.54) is 16.7 Å². The Balaban J connectivity index is 1.77. The molecule has 10 heteroatoms. The molecule has 0 atom stereocenters.